The number of carbonyl (C=O) groups excluding carboxylic acids is 2. The molecule has 7 heteroatoms. The second kappa shape index (κ2) is 6.16. The van der Waals surface area contributed by atoms with Crippen LogP contribution in [0.1, 0.15) is 23.8 Å². The van der Waals surface area contributed by atoms with Crippen LogP contribution in [0, 0.1) is 0 Å². The standard InChI is InChI=1S/C13H14N4O2S/c1-2-11(18)15-8-4-3-5-9(6-8)16-12(19)10-7-20-13(14)17-10/h3-7H,2H2,1H3,(H2,14,17)(H,15,18)(H,16,19). The maximum atomic E-state index is 11.9. The van der Waals surface area contributed by atoms with Crippen molar-refractivity contribution in [2.24, 2.45) is 0 Å². The first-order chi connectivity index (χ1) is 9.58. The summed E-state index contributed by atoms with van der Waals surface area (Å²) in [6.07, 6.45) is 0.398. The van der Waals surface area contributed by atoms with E-state index in [4.69, 9.17) is 5.73 Å². The van der Waals surface area contributed by atoms with Gasteiger partial charge in [0.15, 0.2) is 5.13 Å². The zero-order valence-electron chi connectivity index (χ0n) is 10.8. The van der Waals surface area contributed by atoms with Crippen molar-refractivity contribution in [3.63, 3.8) is 0 Å². The molecule has 0 aliphatic rings. The van der Waals surface area contributed by atoms with Gasteiger partial charge in [-0.05, 0) is 18.2 Å². The van der Waals surface area contributed by atoms with Gasteiger partial charge in [0, 0.05) is 23.2 Å². The van der Waals surface area contributed by atoms with Crippen molar-refractivity contribution in [2.45, 2.75) is 13.3 Å². The van der Waals surface area contributed by atoms with Gasteiger partial charge >= 0.3 is 0 Å². The molecule has 2 rings (SSSR count). The average molecular weight is 290 g/mol. The molecule has 0 radical (unpaired) electrons. The second-order valence-electron chi connectivity index (χ2n) is 4.01. The highest BCUT2D eigenvalue weighted by atomic mass is 32.1. The number of rotatable bonds is 4. The molecular formula is C13H14N4O2S. The first-order valence-electron chi connectivity index (χ1n) is 6.00. The van der Waals surface area contributed by atoms with Gasteiger partial charge in [-0.25, -0.2) is 4.98 Å². The van der Waals surface area contributed by atoms with Gasteiger partial charge in [0.2, 0.25) is 5.91 Å². The summed E-state index contributed by atoms with van der Waals surface area (Å²) in [4.78, 5) is 27.1. The Kier molecular flexibility index (Phi) is 4.31. The predicted molar refractivity (Wildman–Crippen MR) is 79.8 cm³/mol. The number of anilines is 3. The van der Waals surface area contributed by atoms with Crippen LogP contribution in [0.15, 0.2) is 29.6 Å². The number of nitrogen functional groups attached to an aromatic ring is 1. The molecule has 6 nitrogen and oxygen atoms in total. The maximum Gasteiger partial charge on any atom is 0.275 e. The van der Waals surface area contributed by atoms with Crippen LogP contribution < -0.4 is 16.4 Å². The van der Waals surface area contributed by atoms with E-state index < -0.39 is 0 Å². The fraction of sp³-hybridized carbons (Fsp3) is 0.154. The van der Waals surface area contributed by atoms with Crippen LogP contribution in [-0.2, 0) is 4.79 Å². The molecule has 0 aliphatic heterocycles. The molecule has 0 aliphatic carbocycles. The lowest BCUT2D eigenvalue weighted by atomic mass is 10.2. The SMILES string of the molecule is CCC(=O)Nc1cccc(NC(=O)c2csc(N)n2)c1. The Bertz CT molecular complexity index is 639. The number of nitrogens with two attached hydrogens (primary N) is 1. The number of nitrogens with one attached hydrogen (secondary N) is 2. The third kappa shape index (κ3) is 3.55. The van der Waals surface area contributed by atoms with E-state index in [9.17, 15) is 9.59 Å². The number of thiazole rings is 1. The molecule has 1 aromatic carbocycles. The predicted octanol–water partition coefficient (Wildman–Crippen LogP) is 2.33. The molecule has 2 amide bonds. The zero-order chi connectivity index (χ0) is 14.5. The van der Waals surface area contributed by atoms with E-state index >= 15 is 0 Å². The maximum absolute atomic E-state index is 11.9. The number of hydrogen-bond acceptors (Lipinski definition) is 5. The highest BCUT2D eigenvalue weighted by Crippen LogP contribution is 2.17. The molecule has 0 fully saturated rings. The van der Waals surface area contributed by atoms with Crippen molar-refractivity contribution < 1.29 is 9.59 Å². The van der Waals surface area contributed by atoms with Crippen LogP contribution in [0.4, 0.5) is 16.5 Å². The van der Waals surface area contributed by atoms with Gasteiger partial charge in [-0.15, -0.1) is 11.3 Å². The molecule has 1 heterocycles. The van der Waals surface area contributed by atoms with Crippen molar-refractivity contribution in [1.29, 1.82) is 0 Å². The molecule has 0 atom stereocenters. The Morgan fingerprint density at radius 3 is 2.60 bits per heavy atom. The lowest BCUT2D eigenvalue weighted by Crippen LogP contribution is -2.13. The summed E-state index contributed by atoms with van der Waals surface area (Å²) in [5.74, 6) is -0.419. The van der Waals surface area contributed by atoms with Gasteiger partial charge in [-0.3, -0.25) is 9.59 Å². The average Bonchev–Trinajstić information content (AvgIpc) is 2.86. The van der Waals surface area contributed by atoms with Gasteiger partial charge in [0.25, 0.3) is 5.91 Å². The Balaban J connectivity index is 2.08. The molecule has 1 aromatic heterocycles. The van der Waals surface area contributed by atoms with Gasteiger partial charge in [-0.1, -0.05) is 13.0 Å². The van der Waals surface area contributed by atoms with Crippen molar-refractivity contribution in [3.05, 3.63) is 35.3 Å². The number of amides is 2. The number of carbonyl (C=O) groups is 2. The molecule has 0 bridgehead atoms. The van der Waals surface area contributed by atoms with E-state index in [-0.39, 0.29) is 17.5 Å². The second-order valence-corrected chi connectivity index (χ2v) is 4.90. The van der Waals surface area contributed by atoms with E-state index in [1.54, 1.807) is 36.6 Å². The number of benzene rings is 1. The molecule has 104 valence electrons. The fourth-order valence-corrected chi connectivity index (χ4v) is 2.05. The zero-order valence-corrected chi connectivity index (χ0v) is 11.7. The smallest absolute Gasteiger partial charge is 0.275 e. The van der Waals surface area contributed by atoms with Gasteiger partial charge < -0.3 is 16.4 Å². The first kappa shape index (κ1) is 14.0. The van der Waals surface area contributed by atoms with Crippen LogP contribution in [0.2, 0.25) is 0 Å². The highest BCUT2D eigenvalue weighted by molar-refractivity contribution is 7.13. The van der Waals surface area contributed by atoms with E-state index in [2.05, 4.69) is 15.6 Å². The third-order valence-corrected chi connectivity index (χ3v) is 3.15. The van der Waals surface area contributed by atoms with Crippen LogP contribution >= 0.6 is 11.3 Å². The van der Waals surface area contributed by atoms with E-state index in [1.165, 1.54) is 11.3 Å². The topological polar surface area (TPSA) is 97.1 Å². The quantitative estimate of drug-likeness (QED) is 0.805. The summed E-state index contributed by atoms with van der Waals surface area (Å²) in [7, 11) is 0. The molecule has 0 saturated carbocycles. The summed E-state index contributed by atoms with van der Waals surface area (Å²) in [5.41, 5.74) is 6.97. The lowest BCUT2D eigenvalue weighted by Gasteiger charge is -2.07. The third-order valence-electron chi connectivity index (χ3n) is 2.48. The minimum atomic E-state index is -0.336. The van der Waals surface area contributed by atoms with Crippen LogP contribution in [0.25, 0.3) is 0 Å². The Hall–Kier alpha value is -2.41. The van der Waals surface area contributed by atoms with Crippen molar-refractivity contribution >= 4 is 39.7 Å². The summed E-state index contributed by atoms with van der Waals surface area (Å²) in [6.45, 7) is 1.77. The monoisotopic (exact) mass is 290 g/mol. The summed E-state index contributed by atoms with van der Waals surface area (Å²) in [5, 5.41) is 7.36. The summed E-state index contributed by atoms with van der Waals surface area (Å²) in [6, 6.07) is 6.91. The van der Waals surface area contributed by atoms with Crippen LogP contribution in [0.3, 0.4) is 0 Å². The minimum Gasteiger partial charge on any atom is -0.375 e. The van der Waals surface area contributed by atoms with E-state index in [0.717, 1.165) is 0 Å². The number of aromatic nitrogens is 1. The van der Waals surface area contributed by atoms with Crippen LogP contribution in [-0.4, -0.2) is 16.8 Å². The fourth-order valence-electron chi connectivity index (χ4n) is 1.51. The van der Waals surface area contributed by atoms with Gasteiger partial charge in [0.05, 0.1) is 0 Å². The summed E-state index contributed by atoms with van der Waals surface area (Å²) < 4.78 is 0. The molecule has 2 aromatic rings. The van der Waals surface area contributed by atoms with Crippen molar-refractivity contribution in [2.75, 3.05) is 16.4 Å². The van der Waals surface area contributed by atoms with Crippen LogP contribution in [0.5, 0.6) is 0 Å². The number of nitrogens with zero attached hydrogens (tertiary/aromatic N) is 1. The Labute approximate surface area is 120 Å². The summed E-state index contributed by atoms with van der Waals surface area (Å²) >= 11 is 1.21. The molecule has 0 unspecified atom stereocenters. The molecule has 0 saturated heterocycles. The van der Waals surface area contributed by atoms with E-state index in [0.29, 0.717) is 22.9 Å². The minimum absolute atomic E-state index is 0.0826. The Morgan fingerprint density at radius 2 is 2.00 bits per heavy atom. The number of hydrogen-bond donors (Lipinski definition) is 3. The van der Waals surface area contributed by atoms with Crippen molar-refractivity contribution in [1.82, 2.24) is 4.98 Å². The molecule has 0 spiro atoms. The first-order valence-corrected chi connectivity index (χ1v) is 6.88. The highest BCUT2D eigenvalue weighted by Gasteiger charge is 2.10. The van der Waals surface area contributed by atoms with Gasteiger partial charge in [-0.2, -0.15) is 0 Å². The Morgan fingerprint density at radius 1 is 1.30 bits per heavy atom. The van der Waals surface area contributed by atoms with E-state index in [1.807, 2.05) is 0 Å². The molecular weight excluding hydrogens is 276 g/mol. The van der Waals surface area contributed by atoms with Gasteiger partial charge in [0.1, 0.15) is 5.69 Å². The van der Waals surface area contributed by atoms with Crippen molar-refractivity contribution in [3.8, 4) is 0 Å². The molecule has 4 N–H and O–H groups in total. The normalized spacial score (nSPS) is 10.1. The molecule has 20 heavy (non-hydrogen) atoms. The largest absolute Gasteiger partial charge is 0.375 e. The lowest BCUT2D eigenvalue weighted by molar-refractivity contribution is -0.115.